The Kier molecular flexibility index (Phi) is 3.94. The smallest absolute Gasteiger partial charge is 0.253 e. The second kappa shape index (κ2) is 5.91. The van der Waals surface area contributed by atoms with Crippen LogP contribution in [0, 0.1) is 13.8 Å². The van der Waals surface area contributed by atoms with E-state index < -0.39 is 0 Å². The molecule has 23 heavy (non-hydrogen) atoms. The summed E-state index contributed by atoms with van der Waals surface area (Å²) in [6.07, 6.45) is 4.63. The van der Waals surface area contributed by atoms with E-state index in [9.17, 15) is 4.79 Å². The summed E-state index contributed by atoms with van der Waals surface area (Å²) in [7, 11) is 1.93. The minimum Gasteiger partial charge on any atom is -0.345 e. The number of nitrogens with one attached hydrogen (secondary N) is 1. The molecule has 3 aromatic heterocycles. The number of aromatic nitrogens is 3. The van der Waals surface area contributed by atoms with Gasteiger partial charge in [-0.1, -0.05) is 13.0 Å². The summed E-state index contributed by atoms with van der Waals surface area (Å²) in [5.41, 5.74) is 4.87. The van der Waals surface area contributed by atoms with Crippen LogP contribution in [0.1, 0.15) is 46.7 Å². The third kappa shape index (κ3) is 2.74. The van der Waals surface area contributed by atoms with Crippen LogP contribution >= 0.6 is 0 Å². The number of nitrogens with zero attached hydrogens (tertiary/aromatic N) is 3. The Bertz CT molecular complexity index is 826. The van der Waals surface area contributed by atoms with Crippen LogP contribution in [-0.2, 0) is 7.05 Å². The minimum atomic E-state index is -0.0526. The zero-order valence-corrected chi connectivity index (χ0v) is 14.0. The summed E-state index contributed by atoms with van der Waals surface area (Å²) < 4.78 is 3.82. The lowest BCUT2D eigenvalue weighted by Crippen LogP contribution is -2.28. The highest BCUT2D eigenvalue weighted by molar-refractivity contribution is 5.95. The first kappa shape index (κ1) is 15.3. The molecule has 0 aliphatic heterocycles. The average Bonchev–Trinajstić information content (AvgIpc) is 3.07. The second-order valence-corrected chi connectivity index (χ2v) is 5.90. The van der Waals surface area contributed by atoms with Crippen molar-refractivity contribution in [2.75, 3.05) is 0 Å². The first-order valence-corrected chi connectivity index (χ1v) is 7.89. The largest absolute Gasteiger partial charge is 0.345 e. The highest BCUT2D eigenvalue weighted by Gasteiger charge is 2.21. The van der Waals surface area contributed by atoms with E-state index in [-0.39, 0.29) is 11.9 Å². The molecule has 3 heterocycles. The van der Waals surface area contributed by atoms with E-state index in [0.717, 1.165) is 28.9 Å². The first-order chi connectivity index (χ1) is 11.0. The predicted molar refractivity (Wildman–Crippen MR) is 90.6 cm³/mol. The van der Waals surface area contributed by atoms with Crippen molar-refractivity contribution in [1.29, 1.82) is 0 Å². The Balaban J connectivity index is 1.87. The number of aryl methyl sites for hydroxylation is 2. The Morgan fingerprint density at radius 1 is 1.35 bits per heavy atom. The molecule has 1 amide bonds. The topological polar surface area (TPSA) is 51.3 Å². The van der Waals surface area contributed by atoms with E-state index in [4.69, 9.17) is 0 Å². The van der Waals surface area contributed by atoms with Crippen LogP contribution in [-0.4, -0.2) is 20.1 Å². The maximum atomic E-state index is 12.6. The van der Waals surface area contributed by atoms with Crippen LogP contribution in [0.2, 0.25) is 0 Å². The standard InChI is InChI=1S/C18H22N4O/c1-5-16(17-12(2)20-21(4)13(17)3)19-18(23)14-10-15-8-6-7-9-22(15)11-14/h6-11,16H,5H2,1-4H3,(H,19,23)/t16-/m1/s1. The molecular formula is C18H22N4O. The number of hydrogen-bond acceptors (Lipinski definition) is 2. The second-order valence-electron chi connectivity index (χ2n) is 5.90. The molecule has 1 N–H and O–H groups in total. The number of carbonyl (C=O) groups is 1. The molecule has 0 spiro atoms. The zero-order valence-electron chi connectivity index (χ0n) is 14.0. The van der Waals surface area contributed by atoms with Gasteiger partial charge < -0.3 is 9.72 Å². The van der Waals surface area contributed by atoms with Gasteiger partial charge in [0.15, 0.2) is 0 Å². The molecule has 0 radical (unpaired) electrons. The molecule has 0 aromatic carbocycles. The number of hydrogen-bond donors (Lipinski definition) is 1. The third-order valence-electron chi connectivity index (χ3n) is 4.39. The lowest BCUT2D eigenvalue weighted by atomic mass is 10.0. The van der Waals surface area contributed by atoms with Crippen LogP contribution in [0.4, 0.5) is 0 Å². The van der Waals surface area contributed by atoms with Crippen LogP contribution in [0.15, 0.2) is 36.7 Å². The molecule has 3 aromatic rings. The number of fused-ring (bicyclic) bond motifs is 1. The molecule has 1 atom stereocenters. The Morgan fingerprint density at radius 3 is 2.74 bits per heavy atom. The van der Waals surface area contributed by atoms with Crippen molar-refractivity contribution in [2.24, 2.45) is 7.05 Å². The van der Waals surface area contributed by atoms with Crippen molar-refractivity contribution in [2.45, 2.75) is 33.2 Å². The molecule has 0 bridgehead atoms. The van der Waals surface area contributed by atoms with E-state index in [1.165, 1.54) is 0 Å². The summed E-state index contributed by atoms with van der Waals surface area (Å²) in [6, 6.07) is 7.79. The lowest BCUT2D eigenvalue weighted by molar-refractivity contribution is 0.0935. The predicted octanol–water partition coefficient (Wildman–Crippen LogP) is 3.17. The van der Waals surface area contributed by atoms with E-state index in [2.05, 4.69) is 17.3 Å². The normalized spacial score (nSPS) is 12.5. The Hall–Kier alpha value is -2.56. The molecule has 0 unspecified atom stereocenters. The molecule has 0 saturated carbocycles. The van der Waals surface area contributed by atoms with Crippen LogP contribution in [0.25, 0.3) is 5.52 Å². The van der Waals surface area contributed by atoms with E-state index >= 15 is 0 Å². The summed E-state index contributed by atoms with van der Waals surface area (Å²) in [5, 5.41) is 7.61. The van der Waals surface area contributed by atoms with Gasteiger partial charge in [-0.25, -0.2) is 0 Å². The van der Waals surface area contributed by atoms with Crippen molar-refractivity contribution < 1.29 is 4.79 Å². The van der Waals surface area contributed by atoms with E-state index in [0.29, 0.717) is 5.56 Å². The van der Waals surface area contributed by atoms with Gasteiger partial charge in [0.25, 0.3) is 5.91 Å². The third-order valence-corrected chi connectivity index (χ3v) is 4.39. The SMILES string of the molecule is CC[C@@H](NC(=O)c1cc2ccccn2c1)c1c(C)nn(C)c1C. The van der Waals surface area contributed by atoms with Crippen LogP contribution < -0.4 is 5.32 Å². The van der Waals surface area contributed by atoms with Gasteiger partial charge in [-0.2, -0.15) is 5.10 Å². The maximum absolute atomic E-state index is 12.6. The fourth-order valence-corrected chi connectivity index (χ4v) is 3.09. The van der Waals surface area contributed by atoms with Gasteiger partial charge in [-0.05, 0) is 38.5 Å². The van der Waals surface area contributed by atoms with Gasteiger partial charge in [0, 0.05) is 36.2 Å². The Labute approximate surface area is 135 Å². The molecule has 120 valence electrons. The van der Waals surface area contributed by atoms with Crippen molar-refractivity contribution in [3.8, 4) is 0 Å². The lowest BCUT2D eigenvalue weighted by Gasteiger charge is -2.17. The van der Waals surface area contributed by atoms with Gasteiger partial charge in [0.05, 0.1) is 17.3 Å². The van der Waals surface area contributed by atoms with Gasteiger partial charge >= 0.3 is 0 Å². The molecule has 0 aliphatic rings. The molecule has 5 nitrogen and oxygen atoms in total. The van der Waals surface area contributed by atoms with Crippen molar-refractivity contribution in [3.63, 3.8) is 0 Å². The summed E-state index contributed by atoms with van der Waals surface area (Å²) >= 11 is 0. The average molecular weight is 310 g/mol. The van der Waals surface area contributed by atoms with Gasteiger partial charge in [0.2, 0.25) is 0 Å². The highest BCUT2D eigenvalue weighted by atomic mass is 16.1. The zero-order chi connectivity index (χ0) is 16.6. The molecular weight excluding hydrogens is 288 g/mol. The fraction of sp³-hybridized carbons (Fsp3) is 0.333. The minimum absolute atomic E-state index is 0.0285. The highest BCUT2D eigenvalue weighted by Crippen LogP contribution is 2.24. The van der Waals surface area contributed by atoms with Crippen molar-refractivity contribution in [3.05, 3.63) is 59.2 Å². The van der Waals surface area contributed by atoms with Crippen molar-refractivity contribution in [1.82, 2.24) is 19.5 Å². The number of carbonyl (C=O) groups excluding carboxylic acids is 1. The molecule has 0 saturated heterocycles. The first-order valence-electron chi connectivity index (χ1n) is 7.89. The van der Waals surface area contributed by atoms with E-state index in [1.807, 2.05) is 66.6 Å². The number of pyridine rings is 1. The summed E-state index contributed by atoms with van der Waals surface area (Å²) in [5.74, 6) is -0.0526. The van der Waals surface area contributed by atoms with Gasteiger partial charge in [-0.3, -0.25) is 9.48 Å². The summed E-state index contributed by atoms with van der Waals surface area (Å²) in [6.45, 7) is 6.10. The molecule has 5 heteroatoms. The number of amides is 1. The van der Waals surface area contributed by atoms with Gasteiger partial charge in [-0.15, -0.1) is 0 Å². The van der Waals surface area contributed by atoms with E-state index in [1.54, 1.807) is 0 Å². The maximum Gasteiger partial charge on any atom is 0.253 e. The molecule has 0 fully saturated rings. The molecule has 3 rings (SSSR count). The quantitative estimate of drug-likeness (QED) is 0.804. The Morgan fingerprint density at radius 2 is 2.13 bits per heavy atom. The number of rotatable bonds is 4. The monoisotopic (exact) mass is 310 g/mol. The van der Waals surface area contributed by atoms with Crippen LogP contribution in [0.5, 0.6) is 0 Å². The fourth-order valence-electron chi connectivity index (χ4n) is 3.09. The van der Waals surface area contributed by atoms with Crippen molar-refractivity contribution >= 4 is 11.4 Å². The van der Waals surface area contributed by atoms with Gasteiger partial charge in [0.1, 0.15) is 0 Å². The van der Waals surface area contributed by atoms with Crippen LogP contribution in [0.3, 0.4) is 0 Å². The summed E-state index contributed by atoms with van der Waals surface area (Å²) in [4.78, 5) is 12.6. The molecule has 0 aliphatic carbocycles.